The van der Waals surface area contributed by atoms with Gasteiger partial charge in [-0.05, 0) is 25.7 Å². The van der Waals surface area contributed by atoms with Crippen LogP contribution in [-0.2, 0) is 0 Å². The van der Waals surface area contributed by atoms with Crippen molar-refractivity contribution in [2.75, 3.05) is 0 Å². The van der Waals surface area contributed by atoms with Gasteiger partial charge in [0.2, 0.25) is 0 Å². The Morgan fingerprint density at radius 1 is 1.27 bits per heavy atom. The lowest BCUT2D eigenvalue weighted by atomic mass is 9.89. The van der Waals surface area contributed by atoms with Crippen molar-refractivity contribution in [3.05, 3.63) is 12.2 Å². The molecule has 0 aromatic carbocycles. The zero-order valence-corrected chi connectivity index (χ0v) is 7.29. The number of aliphatic hydroxyl groups is 1. The quantitative estimate of drug-likeness (QED) is 0.606. The van der Waals surface area contributed by atoms with Crippen molar-refractivity contribution in [2.45, 2.75) is 45.1 Å². The monoisotopic (exact) mass is 154 g/mol. The first-order chi connectivity index (χ1) is 5.29. The van der Waals surface area contributed by atoms with Crippen LogP contribution in [0.5, 0.6) is 0 Å². The summed E-state index contributed by atoms with van der Waals surface area (Å²) < 4.78 is 0. The summed E-state index contributed by atoms with van der Waals surface area (Å²) in [6.45, 7) is 1.80. The van der Waals surface area contributed by atoms with E-state index in [1.54, 1.807) is 6.92 Å². The molecule has 0 bridgehead atoms. The molecule has 1 atom stereocenters. The SMILES string of the molecule is C[C@@H](O)/C=C/C1CCCCC1. The topological polar surface area (TPSA) is 20.2 Å². The second-order valence-corrected chi connectivity index (χ2v) is 3.52. The van der Waals surface area contributed by atoms with Gasteiger partial charge in [-0.15, -0.1) is 0 Å². The summed E-state index contributed by atoms with van der Waals surface area (Å²) in [5, 5.41) is 9.00. The first-order valence-electron chi connectivity index (χ1n) is 4.65. The summed E-state index contributed by atoms with van der Waals surface area (Å²) in [7, 11) is 0. The second-order valence-electron chi connectivity index (χ2n) is 3.52. The minimum Gasteiger partial charge on any atom is -0.389 e. The largest absolute Gasteiger partial charge is 0.389 e. The zero-order valence-electron chi connectivity index (χ0n) is 7.29. The summed E-state index contributed by atoms with van der Waals surface area (Å²) in [6.07, 6.45) is 10.6. The Morgan fingerprint density at radius 2 is 1.91 bits per heavy atom. The van der Waals surface area contributed by atoms with Gasteiger partial charge in [-0.1, -0.05) is 31.4 Å². The third-order valence-electron chi connectivity index (χ3n) is 2.31. The maximum Gasteiger partial charge on any atom is 0.0692 e. The van der Waals surface area contributed by atoms with E-state index in [4.69, 9.17) is 5.11 Å². The molecule has 11 heavy (non-hydrogen) atoms. The number of allylic oxidation sites excluding steroid dienone is 1. The summed E-state index contributed by atoms with van der Waals surface area (Å²) in [5.41, 5.74) is 0. The minimum atomic E-state index is -0.267. The molecule has 1 rings (SSSR count). The highest BCUT2D eigenvalue weighted by atomic mass is 16.3. The first-order valence-corrected chi connectivity index (χ1v) is 4.65. The molecular weight excluding hydrogens is 136 g/mol. The van der Waals surface area contributed by atoms with Gasteiger partial charge in [0.15, 0.2) is 0 Å². The molecule has 1 nitrogen and oxygen atoms in total. The molecule has 0 saturated heterocycles. The van der Waals surface area contributed by atoms with E-state index in [0.717, 1.165) is 5.92 Å². The van der Waals surface area contributed by atoms with E-state index in [-0.39, 0.29) is 6.10 Å². The highest BCUT2D eigenvalue weighted by Gasteiger charge is 2.09. The maximum absolute atomic E-state index is 9.00. The maximum atomic E-state index is 9.00. The molecule has 0 radical (unpaired) electrons. The predicted molar refractivity (Wildman–Crippen MR) is 47.4 cm³/mol. The third kappa shape index (κ3) is 3.57. The third-order valence-corrected chi connectivity index (χ3v) is 2.31. The lowest BCUT2D eigenvalue weighted by Gasteiger charge is -2.17. The molecule has 64 valence electrons. The lowest BCUT2D eigenvalue weighted by Crippen LogP contribution is -2.04. The summed E-state index contributed by atoms with van der Waals surface area (Å²) >= 11 is 0. The predicted octanol–water partition coefficient (Wildman–Crippen LogP) is 2.50. The van der Waals surface area contributed by atoms with E-state index in [0.29, 0.717) is 0 Å². The van der Waals surface area contributed by atoms with E-state index in [1.165, 1.54) is 32.1 Å². The highest BCUT2D eigenvalue weighted by Crippen LogP contribution is 2.24. The second kappa shape index (κ2) is 4.55. The smallest absolute Gasteiger partial charge is 0.0692 e. The Balaban J connectivity index is 2.23. The molecule has 0 spiro atoms. The normalized spacial score (nSPS) is 24.2. The van der Waals surface area contributed by atoms with Gasteiger partial charge in [0, 0.05) is 0 Å². The van der Waals surface area contributed by atoms with E-state index in [1.807, 2.05) is 6.08 Å². The number of hydrogen-bond acceptors (Lipinski definition) is 1. The molecule has 1 aliphatic rings. The van der Waals surface area contributed by atoms with Crippen molar-refractivity contribution < 1.29 is 5.11 Å². The van der Waals surface area contributed by atoms with Gasteiger partial charge in [0.1, 0.15) is 0 Å². The molecule has 1 aliphatic carbocycles. The van der Waals surface area contributed by atoms with Gasteiger partial charge in [-0.2, -0.15) is 0 Å². The fourth-order valence-corrected chi connectivity index (χ4v) is 1.64. The van der Waals surface area contributed by atoms with Crippen molar-refractivity contribution in [3.8, 4) is 0 Å². The summed E-state index contributed by atoms with van der Waals surface area (Å²) in [6, 6.07) is 0. The first kappa shape index (κ1) is 8.79. The number of hydrogen-bond donors (Lipinski definition) is 1. The van der Waals surface area contributed by atoms with Crippen molar-refractivity contribution in [3.63, 3.8) is 0 Å². The van der Waals surface area contributed by atoms with Gasteiger partial charge in [0.25, 0.3) is 0 Å². The Morgan fingerprint density at radius 3 is 2.45 bits per heavy atom. The van der Waals surface area contributed by atoms with Gasteiger partial charge in [-0.3, -0.25) is 0 Å². The Bertz CT molecular complexity index is 121. The molecule has 0 aromatic heterocycles. The Kier molecular flexibility index (Phi) is 3.64. The lowest BCUT2D eigenvalue weighted by molar-refractivity contribution is 0.242. The van der Waals surface area contributed by atoms with Crippen LogP contribution in [0.2, 0.25) is 0 Å². The van der Waals surface area contributed by atoms with Crippen LogP contribution < -0.4 is 0 Å². The standard InChI is InChI=1S/C10H18O/c1-9(11)7-8-10-5-3-2-4-6-10/h7-11H,2-6H2,1H3/b8-7+/t9-/m1/s1. The van der Waals surface area contributed by atoms with E-state index < -0.39 is 0 Å². The van der Waals surface area contributed by atoms with E-state index >= 15 is 0 Å². The highest BCUT2D eigenvalue weighted by molar-refractivity contribution is 4.92. The fraction of sp³-hybridized carbons (Fsp3) is 0.800. The van der Waals surface area contributed by atoms with Crippen LogP contribution in [0.4, 0.5) is 0 Å². The molecule has 1 fully saturated rings. The van der Waals surface area contributed by atoms with Crippen LogP contribution in [0.25, 0.3) is 0 Å². The molecule has 1 saturated carbocycles. The van der Waals surface area contributed by atoms with Gasteiger partial charge >= 0.3 is 0 Å². The molecule has 0 aliphatic heterocycles. The molecule has 0 aromatic rings. The molecule has 0 heterocycles. The van der Waals surface area contributed by atoms with Crippen molar-refractivity contribution in [1.82, 2.24) is 0 Å². The van der Waals surface area contributed by atoms with Crippen LogP contribution in [0.15, 0.2) is 12.2 Å². The van der Waals surface area contributed by atoms with Crippen LogP contribution >= 0.6 is 0 Å². The van der Waals surface area contributed by atoms with Gasteiger partial charge in [0.05, 0.1) is 6.10 Å². The summed E-state index contributed by atoms with van der Waals surface area (Å²) in [4.78, 5) is 0. The van der Waals surface area contributed by atoms with Crippen LogP contribution in [0.1, 0.15) is 39.0 Å². The van der Waals surface area contributed by atoms with Crippen LogP contribution in [0, 0.1) is 5.92 Å². The number of aliphatic hydroxyl groups excluding tert-OH is 1. The van der Waals surface area contributed by atoms with Gasteiger partial charge < -0.3 is 5.11 Å². The van der Waals surface area contributed by atoms with Crippen molar-refractivity contribution in [1.29, 1.82) is 0 Å². The van der Waals surface area contributed by atoms with Crippen molar-refractivity contribution in [2.24, 2.45) is 5.92 Å². The fourth-order valence-electron chi connectivity index (χ4n) is 1.64. The molecule has 0 amide bonds. The molecule has 0 unspecified atom stereocenters. The molecule has 1 heteroatoms. The van der Waals surface area contributed by atoms with Crippen molar-refractivity contribution >= 4 is 0 Å². The average Bonchev–Trinajstić information content (AvgIpc) is 2.03. The summed E-state index contributed by atoms with van der Waals surface area (Å²) in [5.74, 6) is 0.748. The minimum absolute atomic E-state index is 0.267. The van der Waals surface area contributed by atoms with E-state index in [9.17, 15) is 0 Å². The molecule has 1 N–H and O–H groups in total. The average molecular weight is 154 g/mol. The van der Waals surface area contributed by atoms with Crippen LogP contribution in [-0.4, -0.2) is 11.2 Å². The van der Waals surface area contributed by atoms with E-state index in [2.05, 4.69) is 6.08 Å². The zero-order chi connectivity index (χ0) is 8.10. The Hall–Kier alpha value is -0.300. The Labute approximate surface area is 69.1 Å². The number of rotatable bonds is 2. The molecular formula is C10H18O. The van der Waals surface area contributed by atoms with Gasteiger partial charge in [-0.25, -0.2) is 0 Å². The van der Waals surface area contributed by atoms with Crippen LogP contribution in [0.3, 0.4) is 0 Å².